The van der Waals surface area contributed by atoms with Crippen LogP contribution in [0.15, 0.2) is 42.7 Å². The number of hydrogen-bond acceptors (Lipinski definition) is 5. The van der Waals surface area contributed by atoms with E-state index in [0.29, 0.717) is 0 Å². The average Bonchev–Trinajstić information content (AvgIpc) is 3.26. The maximum Gasteiger partial charge on any atom is 0.160 e. The molecule has 0 bridgehead atoms. The first-order valence-electron chi connectivity index (χ1n) is 8.71. The lowest BCUT2D eigenvalue weighted by molar-refractivity contribution is 0.779. The summed E-state index contributed by atoms with van der Waals surface area (Å²) < 4.78 is 3.89. The molecule has 4 rings (SSSR count). The van der Waals surface area contributed by atoms with E-state index < -0.39 is 0 Å². The molecule has 0 atom stereocenters. The molecule has 0 spiro atoms. The molecule has 0 saturated heterocycles. The van der Waals surface area contributed by atoms with Crippen molar-refractivity contribution < 1.29 is 0 Å². The average molecular weight is 335 g/mol. The monoisotopic (exact) mass is 335 g/mol. The van der Waals surface area contributed by atoms with Gasteiger partial charge in [-0.15, -0.1) is 10.2 Å². The normalized spacial score (nSPS) is 11.4. The van der Waals surface area contributed by atoms with Crippen LogP contribution in [-0.2, 0) is 12.8 Å². The van der Waals surface area contributed by atoms with Gasteiger partial charge in [0.1, 0.15) is 11.6 Å². The second kappa shape index (κ2) is 6.88. The predicted molar refractivity (Wildman–Crippen MR) is 96.8 cm³/mol. The number of pyridine rings is 1. The third kappa shape index (κ3) is 3.17. The molecule has 0 amide bonds. The Bertz CT molecular complexity index is 985. The summed E-state index contributed by atoms with van der Waals surface area (Å²) in [6.45, 7) is 3.00. The fraction of sp³-hybridized carbons (Fsp3) is 0.333. The molecular formula is C18H21N7. The van der Waals surface area contributed by atoms with Crippen LogP contribution in [0.25, 0.3) is 11.3 Å². The topological polar surface area (TPSA) is 72.4 Å². The van der Waals surface area contributed by atoms with E-state index in [-0.39, 0.29) is 0 Å². The standard InChI is InChI=1S/C18H21N7/c1-2-6-14-13-18(25-15(21-14)9-11-20-25)19-10-5-8-17-23-22-16-7-3-4-12-24(16)17/h3-4,7,9,11-13,19H,2,5-6,8,10H2,1H3. The van der Waals surface area contributed by atoms with Crippen molar-refractivity contribution in [3.05, 3.63) is 54.2 Å². The molecule has 0 aromatic carbocycles. The highest BCUT2D eigenvalue weighted by molar-refractivity contribution is 5.49. The van der Waals surface area contributed by atoms with Crippen LogP contribution in [0.4, 0.5) is 5.82 Å². The minimum atomic E-state index is 0.840. The van der Waals surface area contributed by atoms with Gasteiger partial charge in [0, 0.05) is 37.0 Å². The lowest BCUT2D eigenvalue weighted by Crippen LogP contribution is -2.10. The Labute approximate surface area is 145 Å². The zero-order chi connectivity index (χ0) is 17.1. The van der Waals surface area contributed by atoms with E-state index >= 15 is 0 Å². The molecule has 25 heavy (non-hydrogen) atoms. The number of anilines is 1. The molecule has 1 N–H and O–H groups in total. The molecule has 0 aliphatic carbocycles. The molecule has 4 aromatic heterocycles. The van der Waals surface area contributed by atoms with Crippen molar-refractivity contribution in [2.75, 3.05) is 11.9 Å². The number of aryl methyl sites for hydroxylation is 2. The van der Waals surface area contributed by atoms with Crippen LogP contribution < -0.4 is 5.32 Å². The molecule has 0 fully saturated rings. The number of nitrogens with zero attached hydrogens (tertiary/aromatic N) is 6. The number of nitrogens with one attached hydrogen (secondary N) is 1. The van der Waals surface area contributed by atoms with Crippen LogP contribution in [0.3, 0.4) is 0 Å². The van der Waals surface area contributed by atoms with Gasteiger partial charge >= 0.3 is 0 Å². The van der Waals surface area contributed by atoms with Crippen molar-refractivity contribution in [2.24, 2.45) is 0 Å². The third-order valence-electron chi connectivity index (χ3n) is 4.19. The lowest BCUT2D eigenvalue weighted by Gasteiger charge is -2.10. The van der Waals surface area contributed by atoms with Gasteiger partial charge in [-0.05, 0) is 25.0 Å². The molecular weight excluding hydrogens is 314 g/mol. The van der Waals surface area contributed by atoms with Crippen molar-refractivity contribution in [1.29, 1.82) is 0 Å². The van der Waals surface area contributed by atoms with Crippen molar-refractivity contribution >= 4 is 17.1 Å². The Kier molecular flexibility index (Phi) is 4.28. The van der Waals surface area contributed by atoms with Gasteiger partial charge in [0.05, 0.1) is 6.20 Å². The lowest BCUT2D eigenvalue weighted by atomic mass is 10.2. The molecule has 4 aromatic rings. The highest BCUT2D eigenvalue weighted by atomic mass is 15.3. The minimum absolute atomic E-state index is 0.840. The van der Waals surface area contributed by atoms with Crippen molar-refractivity contribution in [3.8, 4) is 0 Å². The smallest absolute Gasteiger partial charge is 0.160 e. The second-order valence-electron chi connectivity index (χ2n) is 6.06. The summed E-state index contributed by atoms with van der Waals surface area (Å²) in [4.78, 5) is 4.63. The van der Waals surface area contributed by atoms with Crippen LogP contribution in [0.2, 0.25) is 0 Å². The summed E-state index contributed by atoms with van der Waals surface area (Å²) in [6, 6.07) is 9.97. The number of fused-ring (bicyclic) bond motifs is 2. The summed E-state index contributed by atoms with van der Waals surface area (Å²) >= 11 is 0. The molecule has 0 unspecified atom stereocenters. The molecule has 0 radical (unpaired) electrons. The molecule has 4 heterocycles. The largest absolute Gasteiger partial charge is 0.370 e. The van der Waals surface area contributed by atoms with E-state index in [1.54, 1.807) is 6.20 Å². The second-order valence-corrected chi connectivity index (χ2v) is 6.06. The summed E-state index contributed by atoms with van der Waals surface area (Å²) in [7, 11) is 0. The molecule has 0 saturated carbocycles. The van der Waals surface area contributed by atoms with Crippen molar-refractivity contribution in [1.82, 2.24) is 29.2 Å². The molecule has 7 nitrogen and oxygen atoms in total. The molecule has 0 aliphatic heterocycles. The van der Waals surface area contributed by atoms with E-state index in [1.807, 2.05) is 39.4 Å². The summed E-state index contributed by atoms with van der Waals surface area (Å²) in [5.41, 5.74) is 2.88. The van der Waals surface area contributed by atoms with Crippen molar-refractivity contribution in [2.45, 2.75) is 32.6 Å². The van der Waals surface area contributed by atoms with E-state index in [1.165, 1.54) is 0 Å². The third-order valence-corrected chi connectivity index (χ3v) is 4.19. The van der Waals surface area contributed by atoms with Crippen molar-refractivity contribution in [3.63, 3.8) is 0 Å². The Morgan fingerprint density at radius 3 is 2.96 bits per heavy atom. The quantitative estimate of drug-likeness (QED) is 0.526. The maximum absolute atomic E-state index is 4.63. The minimum Gasteiger partial charge on any atom is -0.370 e. The first kappa shape index (κ1) is 15.6. The van der Waals surface area contributed by atoms with Gasteiger partial charge in [0.2, 0.25) is 0 Å². The van der Waals surface area contributed by atoms with E-state index in [9.17, 15) is 0 Å². The summed E-state index contributed by atoms with van der Waals surface area (Å²) in [5, 5.41) is 16.3. The first-order valence-corrected chi connectivity index (χ1v) is 8.71. The first-order chi connectivity index (χ1) is 12.3. The van der Waals surface area contributed by atoms with E-state index in [0.717, 1.165) is 60.9 Å². The fourth-order valence-corrected chi connectivity index (χ4v) is 3.00. The van der Waals surface area contributed by atoms with E-state index in [4.69, 9.17) is 0 Å². The van der Waals surface area contributed by atoms with Crippen LogP contribution in [0.1, 0.15) is 31.3 Å². The molecule has 0 aliphatic rings. The van der Waals surface area contributed by atoms with Gasteiger partial charge in [-0.2, -0.15) is 9.61 Å². The predicted octanol–water partition coefficient (Wildman–Crippen LogP) is 2.77. The number of rotatable bonds is 7. The summed E-state index contributed by atoms with van der Waals surface area (Å²) in [6.07, 6.45) is 7.67. The van der Waals surface area contributed by atoms with Crippen LogP contribution in [0.5, 0.6) is 0 Å². The highest BCUT2D eigenvalue weighted by Crippen LogP contribution is 2.14. The Hall–Kier alpha value is -2.96. The van der Waals surface area contributed by atoms with Gasteiger partial charge in [0.25, 0.3) is 0 Å². The zero-order valence-electron chi connectivity index (χ0n) is 14.3. The van der Waals surface area contributed by atoms with Gasteiger partial charge in [-0.1, -0.05) is 19.4 Å². The van der Waals surface area contributed by atoms with Crippen LogP contribution in [0, 0.1) is 0 Å². The fourth-order valence-electron chi connectivity index (χ4n) is 3.00. The van der Waals surface area contributed by atoms with Gasteiger partial charge < -0.3 is 5.32 Å². The SMILES string of the molecule is CCCc1cc(NCCCc2nnc3ccccn23)n2nccc2n1. The Balaban J connectivity index is 1.43. The summed E-state index contributed by atoms with van der Waals surface area (Å²) in [5.74, 6) is 1.98. The Morgan fingerprint density at radius 2 is 2.04 bits per heavy atom. The zero-order valence-corrected chi connectivity index (χ0v) is 14.3. The molecule has 128 valence electrons. The van der Waals surface area contributed by atoms with Gasteiger partial charge in [-0.25, -0.2) is 4.98 Å². The number of aromatic nitrogens is 6. The van der Waals surface area contributed by atoms with Gasteiger partial charge in [0.15, 0.2) is 11.3 Å². The maximum atomic E-state index is 4.63. The highest BCUT2D eigenvalue weighted by Gasteiger charge is 2.07. The van der Waals surface area contributed by atoms with Crippen LogP contribution >= 0.6 is 0 Å². The number of hydrogen-bond donors (Lipinski definition) is 1. The molecule has 7 heteroatoms. The van der Waals surface area contributed by atoms with Crippen LogP contribution in [-0.4, -0.2) is 35.7 Å². The van der Waals surface area contributed by atoms with Gasteiger partial charge in [-0.3, -0.25) is 4.40 Å². The van der Waals surface area contributed by atoms with E-state index in [2.05, 4.69) is 38.6 Å². The Morgan fingerprint density at radius 1 is 1.08 bits per heavy atom.